The molecule has 1 atom stereocenters. The maximum absolute atomic E-state index is 13.7. The highest BCUT2D eigenvalue weighted by Gasteiger charge is 2.47. The minimum atomic E-state index is -0.672. The van der Waals surface area contributed by atoms with Gasteiger partial charge in [0.1, 0.15) is 17.7 Å². The van der Waals surface area contributed by atoms with Crippen LogP contribution in [0.5, 0.6) is 5.75 Å². The van der Waals surface area contributed by atoms with E-state index in [1.54, 1.807) is 47.4 Å². The second-order valence-electron chi connectivity index (χ2n) is 9.21. The van der Waals surface area contributed by atoms with Gasteiger partial charge >= 0.3 is 0 Å². The van der Waals surface area contributed by atoms with Crippen LogP contribution in [0.25, 0.3) is 11.3 Å². The molecule has 1 aromatic heterocycles. The van der Waals surface area contributed by atoms with Crippen LogP contribution in [0.1, 0.15) is 30.1 Å². The summed E-state index contributed by atoms with van der Waals surface area (Å²) in [6.45, 7) is 2.58. The van der Waals surface area contributed by atoms with Crippen molar-refractivity contribution >= 4 is 23.3 Å². The summed E-state index contributed by atoms with van der Waals surface area (Å²) in [6, 6.07) is 14.8. The van der Waals surface area contributed by atoms with Gasteiger partial charge in [0.25, 0.3) is 5.91 Å². The number of ether oxygens (including phenoxy) is 1. The molecule has 0 radical (unpaired) electrons. The van der Waals surface area contributed by atoms with Crippen LogP contribution in [0.3, 0.4) is 0 Å². The largest absolute Gasteiger partial charge is 0.503 e. The van der Waals surface area contributed by atoms with Crippen LogP contribution in [0.15, 0.2) is 76.7 Å². The van der Waals surface area contributed by atoms with Gasteiger partial charge in [-0.15, -0.1) is 0 Å². The summed E-state index contributed by atoms with van der Waals surface area (Å²) < 4.78 is 10.1. The predicted octanol–water partition coefficient (Wildman–Crippen LogP) is 4.02. The Bertz CT molecular complexity index is 1340. The van der Waals surface area contributed by atoms with E-state index in [1.807, 2.05) is 12.1 Å². The van der Waals surface area contributed by atoms with Crippen LogP contribution in [-0.4, -0.2) is 59.0 Å². The van der Waals surface area contributed by atoms with Crippen molar-refractivity contribution in [2.45, 2.75) is 25.8 Å². The number of aromatic nitrogens is 1. The van der Waals surface area contributed by atoms with Crippen molar-refractivity contribution in [1.82, 2.24) is 10.1 Å². The summed E-state index contributed by atoms with van der Waals surface area (Å²) in [7, 11) is 1.54. The number of carbonyl (C=O) groups is 3. The minimum absolute atomic E-state index is 0.00540. The molecule has 190 valence electrons. The zero-order chi connectivity index (χ0) is 26.1. The van der Waals surface area contributed by atoms with Crippen LogP contribution in [-0.2, 0) is 9.59 Å². The number of methoxy groups -OCH3 is 1. The van der Waals surface area contributed by atoms with Gasteiger partial charge in [0.2, 0.25) is 5.91 Å². The van der Waals surface area contributed by atoms with E-state index in [0.717, 1.165) is 5.56 Å². The van der Waals surface area contributed by atoms with Crippen molar-refractivity contribution in [3.63, 3.8) is 0 Å². The molecular weight excluding hydrogens is 474 g/mol. The van der Waals surface area contributed by atoms with Crippen LogP contribution in [0, 0.1) is 5.92 Å². The van der Waals surface area contributed by atoms with Crippen molar-refractivity contribution in [2.75, 3.05) is 25.1 Å². The summed E-state index contributed by atoms with van der Waals surface area (Å²) in [4.78, 5) is 42.3. The monoisotopic (exact) mass is 501 g/mol. The number of nitrogens with zero attached hydrogens (tertiary/aromatic N) is 3. The molecule has 2 aliphatic heterocycles. The van der Waals surface area contributed by atoms with Gasteiger partial charge in [0.05, 0.1) is 18.7 Å². The smallest absolute Gasteiger partial charge is 0.294 e. The van der Waals surface area contributed by atoms with Gasteiger partial charge in [-0.2, -0.15) is 0 Å². The van der Waals surface area contributed by atoms with E-state index in [9.17, 15) is 19.5 Å². The molecule has 1 saturated heterocycles. The van der Waals surface area contributed by atoms with E-state index >= 15 is 0 Å². The van der Waals surface area contributed by atoms with Crippen LogP contribution < -0.4 is 9.64 Å². The van der Waals surface area contributed by atoms with E-state index in [1.165, 1.54) is 25.2 Å². The standard InChI is InChI=1S/C28H27N3O6/c1-17(32)30-14-11-19(12-15-30)25-24(26(33)20-5-9-22(36-2)10-6-20)27(34)28(35)31(25)21-7-3-18(4-8-21)23-13-16-37-29-23/h3-10,13,16,19,25,34H,11-12,14-15H2,1-2H3. The quantitative estimate of drug-likeness (QED) is 0.508. The molecule has 0 bridgehead atoms. The number of aliphatic hydroxyl groups excluding tert-OH is 1. The summed E-state index contributed by atoms with van der Waals surface area (Å²) in [5.74, 6) is -1.11. The van der Waals surface area contributed by atoms with Gasteiger partial charge in [-0.1, -0.05) is 17.3 Å². The fourth-order valence-corrected chi connectivity index (χ4v) is 5.17. The van der Waals surface area contributed by atoms with Gasteiger partial charge in [-0.3, -0.25) is 19.3 Å². The van der Waals surface area contributed by atoms with Crippen molar-refractivity contribution in [2.24, 2.45) is 5.92 Å². The Morgan fingerprint density at radius 3 is 2.27 bits per heavy atom. The van der Waals surface area contributed by atoms with E-state index in [4.69, 9.17) is 9.26 Å². The number of piperidine rings is 1. The zero-order valence-corrected chi connectivity index (χ0v) is 20.6. The lowest BCUT2D eigenvalue weighted by molar-refractivity contribution is -0.130. The first-order valence-electron chi connectivity index (χ1n) is 12.1. The van der Waals surface area contributed by atoms with Crippen molar-refractivity contribution < 1.29 is 28.8 Å². The highest BCUT2D eigenvalue weighted by Crippen LogP contribution is 2.40. The number of hydrogen-bond donors (Lipinski definition) is 1. The molecule has 5 rings (SSSR count). The predicted molar refractivity (Wildman–Crippen MR) is 135 cm³/mol. The maximum Gasteiger partial charge on any atom is 0.294 e. The molecule has 1 fully saturated rings. The SMILES string of the molecule is COc1ccc(C(=O)C2=C(O)C(=O)N(c3ccc(-c4ccon4)cc3)C2C2CCN(C(C)=O)CC2)cc1. The number of likely N-dealkylation sites (tertiary alicyclic amines) is 1. The number of hydrogen-bond acceptors (Lipinski definition) is 7. The molecule has 37 heavy (non-hydrogen) atoms. The van der Waals surface area contributed by atoms with Gasteiger partial charge in [0, 0.05) is 42.9 Å². The van der Waals surface area contributed by atoms with Crippen LogP contribution in [0.2, 0.25) is 0 Å². The van der Waals surface area contributed by atoms with E-state index in [-0.39, 0.29) is 17.4 Å². The second-order valence-corrected chi connectivity index (χ2v) is 9.21. The summed E-state index contributed by atoms with van der Waals surface area (Å²) in [5, 5.41) is 15.0. The van der Waals surface area contributed by atoms with Crippen LogP contribution in [0.4, 0.5) is 5.69 Å². The Balaban J connectivity index is 1.52. The normalized spacial score (nSPS) is 18.4. The first kappa shape index (κ1) is 24.3. The van der Waals surface area contributed by atoms with Gasteiger partial charge in [-0.05, 0) is 55.2 Å². The molecule has 3 heterocycles. The van der Waals surface area contributed by atoms with Crippen LogP contribution >= 0.6 is 0 Å². The highest BCUT2D eigenvalue weighted by molar-refractivity contribution is 6.20. The average Bonchev–Trinajstić information content (AvgIpc) is 3.56. The van der Waals surface area contributed by atoms with E-state index < -0.39 is 23.5 Å². The molecule has 2 aromatic carbocycles. The van der Waals surface area contributed by atoms with Gasteiger partial charge in [0.15, 0.2) is 11.5 Å². The lowest BCUT2D eigenvalue weighted by atomic mass is 9.82. The summed E-state index contributed by atoms with van der Waals surface area (Å²) in [6.07, 6.45) is 2.67. The number of amides is 2. The molecule has 9 heteroatoms. The third-order valence-corrected chi connectivity index (χ3v) is 7.16. The Labute approximate surface area is 213 Å². The molecule has 0 saturated carbocycles. The molecule has 0 spiro atoms. The van der Waals surface area contributed by atoms with E-state index in [0.29, 0.717) is 48.6 Å². The van der Waals surface area contributed by atoms with Crippen molar-refractivity contribution in [3.05, 3.63) is 77.8 Å². The maximum atomic E-state index is 13.7. The Kier molecular flexibility index (Phi) is 6.52. The van der Waals surface area contributed by atoms with Crippen molar-refractivity contribution in [3.8, 4) is 17.0 Å². The van der Waals surface area contributed by atoms with E-state index in [2.05, 4.69) is 5.16 Å². The summed E-state index contributed by atoms with van der Waals surface area (Å²) >= 11 is 0. The van der Waals surface area contributed by atoms with Gasteiger partial charge < -0.3 is 19.3 Å². The third kappa shape index (κ3) is 4.48. The molecule has 2 aliphatic rings. The third-order valence-electron chi connectivity index (χ3n) is 7.16. The molecule has 9 nitrogen and oxygen atoms in total. The first-order chi connectivity index (χ1) is 17.9. The van der Waals surface area contributed by atoms with Gasteiger partial charge in [-0.25, -0.2) is 0 Å². The molecule has 3 aromatic rings. The molecule has 1 N–H and O–H groups in total. The fraction of sp³-hybridized carbons (Fsp3) is 0.286. The highest BCUT2D eigenvalue weighted by atomic mass is 16.5. The molecule has 2 amide bonds. The minimum Gasteiger partial charge on any atom is -0.503 e. The fourth-order valence-electron chi connectivity index (χ4n) is 5.17. The summed E-state index contributed by atoms with van der Waals surface area (Å²) in [5.41, 5.74) is 2.45. The number of ketones is 1. The number of benzene rings is 2. The Morgan fingerprint density at radius 2 is 1.70 bits per heavy atom. The Hall–Kier alpha value is -4.40. The lowest BCUT2D eigenvalue weighted by Crippen LogP contribution is -2.47. The average molecular weight is 502 g/mol. The number of anilines is 1. The number of Topliss-reactive ketones (excluding diaryl/α,β-unsaturated/α-hetero) is 1. The number of rotatable bonds is 6. The number of carbonyl (C=O) groups excluding carboxylic acids is 3. The molecule has 0 aliphatic carbocycles. The van der Waals surface area contributed by atoms with Crippen molar-refractivity contribution in [1.29, 1.82) is 0 Å². The number of aliphatic hydroxyl groups is 1. The first-order valence-corrected chi connectivity index (χ1v) is 12.1. The lowest BCUT2D eigenvalue weighted by Gasteiger charge is -2.38. The molecule has 1 unspecified atom stereocenters. The molecular formula is C28H27N3O6. The second kappa shape index (κ2) is 9.93. The Morgan fingerprint density at radius 1 is 1.03 bits per heavy atom. The zero-order valence-electron chi connectivity index (χ0n) is 20.6. The topological polar surface area (TPSA) is 113 Å².